The Hall–Kier alpha value is -1.37. The number of hydrogen-bond acceptors (Lipinski definition) is 2. The Morgan fingerprint density at radius 2 is 1.72 bits per heavy atom. The average Bonchev–Trinajstić information content (AvgIpc) is 2.28. The van der Waals surface area contributed by atoms with E-state index in [4.69, 9.17) is 10.5 Å². The number of benzene rings is 1. The summed E-state index contributed by atoms with van der Waals surface area (Å²) in [5, 5.41) is 0. The highest BCUT2D eigenvalue weighted by Gasteiger charge is 2.62. The van der Waals surface area contributed by atoms with Crippen LogP contribution in [0, 0.1) is 0 Å². The van der Waals surface area contributed by atoms with Gasteiger partial charge in [-0.15, -0.1) is 0 Å². The second kappa shape index (κ2) is 5.09. The molecule has 0 aliphatic rings. The molecule has 0 bridgehead atoms. The fourth-order valence-corrected chi connectivity index (χ4v) is 1.40. The fraction of sp³-hybridized carbons (Fsp3) is 0.455. The molecule has 0 radical (unpaired) electrons. The van der Waals surface area contributed by atoms with Crippen molar-refractivity contribution < 1.29 is 26.7 Å². The van der Waals surface area contributed by atoms with Crippen LogP contribution in [0.15, 0.2) is 24.3 Å². The topological polar surface area (TPSA) is 35.2 Å². The van der Waals surface area contributed by atoms with Gasteiger partial charge in [0.15, 0.2) is 0 Å². The van der Waals surface area contributed by atoms with Gasteiger partial charge in [0.05, 0.1) is 6.61 Å². The summed E-state index contributed by atoms with van der Waals surface area (Å²) in [6.07, 6.45) is -5.70. The average molecular weight is 269 g/mol. The van der Waals surface area contributed by atoms with Crippen molar-refractivity contribution in [3.63, 3.8) is 0 Å². The molecule has 0 saturated heterocycles. The summed E-state index contributed by atoms with van der Waals surface area (Å²) < 4.78 is 67.9. The van der Waals surface area contributed by atoms with Gasteiger partial charge in [-0.25, -0.2) is 0 Å². The van der Waals surface area contributed by atoms with Gasteiger partial charge in [0.2, 0.25) is 0 Å². The smallest absolute Gasteiger partial charge is 0.455 e. The highest BCUT2D eigenvalue weighted by atomic mass is 19.4. The minimum absolute atomic E-state index is 0.0728. The first-order chi connectivity index (χ1) is 8.21. The SMILES string of the molecule is CCOc1ccccc1[C@H](N)C(F)(F)C(F)(F)F. The number of halogens is 5. The molecule has 0 fully saturated rings. The first-order valence-corrected chi connectivity index (χ1v) is 5.13. The van der Waals surface area contributed by atoms with E-state index in [1.54, 1.807) is 6.92 Å². The van der Waals surface area contributed by atoms with Crippen LogP contribution in [0.5, 0.6) is 5.75 Å². The lowest BCUT2D eigenvalue weighted by molar-refractivity contribution is -0.291. The molecule has 0 aliphatic heterocycles. The summed E-state index contributed by atoms with van der Waals surface area (Å²) in [5.41, 5.74) is 4.67. The normalized spacial score (nSPS) is 14.4. The number of nitrogens with two attached hydrogens (primary N) is 1. The second-order valence-electron chi connectivity index (χ2n) is 3.57. The van der Waals surface area contributed by atoms with Crippen molar-refractivity contribution in [2.45, 2.75) is 25.1 Å². The quantitative estimate of drug-likeness (QED) is 0.851. The van der Waals surface area contributed by atoms with Gasteiger partial charge in [0, 0.05) is 5.56 Å². The summed E-state index contributed by atoms with van der Waals surface area (Å²) in [5.74, 6) is -5.09. The standard InChI is InChI=1S/C11H12F5NO/c1-2-18-8-6-4-3-5-7(8)9(17)10(12,13)11(14,15)16/h3-6,9H,2,17H2,1H3/t9-/m0/s1. The predicted molar refractivity (Wildman–Crippen MR) is 55.5 cm³/mol. The molecular weight excluding hydrogens is 257 g/mol. The fourth-order valence-electron chi connectivity index (χ4n) is 1.40. The van der Waals surface area contributed by atoms with Crippen LogP contribution in [-0.2, 0) is 0 Å². The number of rotatable bonds is 4. The van der Waals surface area contributed by atoms with Gasteiger partial charge in [-0.2, -0.15) is 22.0 Å². The highest BCUT2D eigenvalue weighted by Crippen LogP contribution is 2.45. The summed E-state index contributed by atoms with van der Waals surface area (Å²) in [4.78, 5) is 0. The third kappa shape index (κ3) is 2.72. The van der Waals surface area contributed by atoms with E-state index in [1.165, 1.54) is 18.2 Å². The number of ether oxygens (including phenoxy) is 1. The van der Waals surface area contributed by atoms with E-state index in [9.17, 15) is 22.0 Å². The van der Waals surface area contributed by atoms with E-state index in [0.717, 1.165) is 6.07 Å². The van der Waals surface area contributed by atoms with Crippen molar-refractivity contribution >= 4 is 0 Å². The molecule has 0 amide bonds. The Morgan fingerprint density at radius 3 is 2.22 bits per heavy atom. The van der Waals surface area contributed by atoms with E-state index in [-0.39, 0.29) is 17.9 Å². The largest absolute Gasteiger partial charge is 0.494 e. The van der Waals surface area contributed by atoms with E-state index >= 15 is 0 Å². The van der Waals surface area contributed by atoms with Crippen LogP contribution >= 0.6 is 0 Å². The van der Waals surface area contributed by atoms with E-state index in [0.29, 0.717) is 0 Å². The second-order valence-corrected chi connectivity index (χ2v) is 3.57. The minimum Gasteiger partial charge on any atom is -0.494 e. The molecule has 0 saturated carbocycles. The van der Waals surface area contributed by atoms with Crippen molar-refractivity contribution in [1.29, 1.82) is 0 Å². The molecule has 1 aromatic carbocycles. The minimum atomic E-state index is -5.70. The summed E-state index contributed by atoms with van der Waals surface area (Å²) in [7, 11) is 0. The van der Waals surface area contributed by atoms with Gasteiger partial charge in [-0.1, -0.05) is 18.2 Å². The predicted octanol–water partition coefficient (Wildman–Crippen LogP) is 3.28. The van der Waals surface area contributed by atoms with Gasteiger partial charge in [-0.05, 0) is 13.0 Å². The van der Waals surface area contributed by atoms with Crippen molar-refractivity contribution in [1.82, 2.24) is 0 Å². The molecule has 102 valence electrons. The van der Waals surface area contributed by atoms with Crippen LogP contribution in [0.3, 0.4) is 0 Å². The number of alkyl halides is 5. The molecule has 0 aromatic heterocycles. The van der Waals surface area contributed by atoms with E-state index < -0.39 is 18.1 Å². The van der Waals surface area contributed by atoms with E-state index in [1.807, 2.05) is 0 Å². The lowest BCUT2D eigenvalue weighted by atomic mass is 10.00. The van der Waals surface area contributed by atoms with Crippen LogP contribution in [-0.4, -0.2) is 18.7 Å². The molecular formula is C11H12F5NO. The Bertz CT molecular complexity index is 405. The third-order valence-corrected chi connectivity index (χ3v) is 2.32. The molecule has 1 aromatic rings. The zero-order valence-corrected chi connectivity index (χ0v) is 9.47. The Morgan fingerprint density at radius 1 is 1.17 bits per heavy atom. The maximum Gasteiger partial charge on any atom is 0.455 e. The Kier molecular flexibility index (Phi) is 4.16. The molecule has 18 heavy (non-hydrogen) atoms. The maximum atomic E-state index is 13.1. The van der Waals surface area contributed by atoms with Gasteiger partial charge in [0.25, 0.3) is 0 Å². The zero-order chi connectivity index (χ0) is 14.0. The molecule has 0 heterocycles. The van der Waals surface area contributed by atoms with Crippen LogP contribution < -0.4 is 10.5 Å². The van der Waals surface area contributed by atoms with Crippen molar-refractivity contribution in [3.8, 4) is 5.75 Å². The van der Waals surface area contributed by atoms with Crippen molar-refractivity contribution in [3.05, 3.63) is 29.8 Å². The Balaban J connectivity index is 3.14. The maximum absolute atomic E-state index is 13.1. The monoisotopic (exact) mass is 269 g/mol. The molecule has 1 rings (SSSR count). The molecule has 0 unspecified atom stereocenters. The molecule has 7 heteroatoms. The van der Waals surface area contributed by atoms with Gasteiger partial charge in [0.1, 0.15) is 11.8 Å². The number of para-hydroxylation sites is 1. The lowest BCUT2D eigenvalue weighted by Gasteiger charge is -2.27. The summed E-state index contributed by atoms with van der Waals surface area (Å²) in [6.45, 7) is 1.73. The zero-order valence-electron chi connectivity index (χ0n) is 9.47. The van der Waals surface area contributed by atoms with Crippen molar-refractivity contribution in [2.24, 2.45) is 5.73 Å². The van der Waals surface area contributed by atoms with Crippen LogP contribution in [0.1, 0.15) is 18.5 Å². The molecule has 2 nitrogen and oxygen atoms in total. The van der Waals surface area contributed by atoms with Crippen LogP contribution in [0.2, 0.25) is 0 Å². The lowest BCUT2D eigenvalue weighted by Crippen LogP contribution is -2.45. The first-order valence-electron chi connectivity index (χ1n) is 5.13. The highest BCUT2D eigenvalue weighted by molar-refractivity contribution is 5.37. The van der Waals surface area contributed by atoms with Crippen molar-refractivity contribution in [2.75, 3.05) is 6.61 Å². The number of hydrogen-bond donors (Lipinski definition) is 1. The first kappa shape index (κ1) is 14.7. The van der Waals surface area contributed by atoms with Crippen LogP contribution in [0.4, 0.5) is 22.0 Å². The van der Waals surface area contributed by atoms with Gasteiger partial charge < -0.3 is 10.5 Å². The van der Waals surface area contributed by atoms with Gasteiger partial charge >= 0.3 is 12.1 Å². The van der Waals surface area contributed by atoms with E-state index in [2.05, 4.69) is 0 Å². The summed E-state index contributed by atoms with van der Waals surface area (Å²) in [6, 6.07) is 2.68. The summed E-state index contributed by atoms with van der Waals surface area (Å²) >= 11 is 0. The third-order valence-electron chi connectivity index (χ3n) is 2.32. The Labute approximate surface area is 101 Å². The van der Waals surface area contributed by atoms with Gasteiger partial charge in [-0.3, -0.25) is 0 Å². The molecule has 2 N–H and O–H groups in total. The molecule has 0 spiro atoms. The molecule has 1 atom stereocenters. The van der Waals surface area contributed by atoms with Crippen LogP contribution in [0.25, 0.3) is 0 Å². The molecule has 0 aliphatic carbocycles.